The van der Waals surface area contributed by atoms with Crippen LogP contribution in [0.15, 0.2) is 54.6 Å². The molecule has 2 heterocycles. The molecule has 4 aromatic rings. The third-order valence-corrected chi connectivity index (χ3v) is 5.89. The average molecular weight is 427 g/mol. The van der Waals surface area contributed by atoms with Crippen LogP contribution in [0.25, 0.3) is 33.3 Å². The van der Waals surface area contributed by atoms with Gasteiger partial charge in [-0.05, 0) is 94.1 Å². The van der Waals surface area contributed by atoms with Crippen LogP contribution < -0.4 is 0 Å². The van der Waals surface area contributed by atoms with E-state index in [2.05, 4.69) is 67.6 Å². The molecule has 2 aromatic heterocycles. The molecular weight excluding hydrogens is 396 g/mol. The number of benzene rings is 2. The van der Waals surface area contributed by atoms with Crippen LogP contribution in [0.4, 0.5) is 0 Å². The van der Waals surface area contributed by atoms with Crippen molar-refractivity contribution < 1.29 is 9.53 Å². The zero-order valence-electron chi connectivity index (χ0n) is 19.9. The van der Waals surface area contributed by atoms with Crippen LogP contribution in [-0.2, 0) is 10.3 Å². The molecule has 0 unspecified atom stereocenters. The molecule has 0 bridgehead atoms. The highest BCUT2D eigenvalue weighted by molar-refractivity contribution is 5.95. The normalized spacial score (nSPS) is 11.7. The van der Waals surface area contributed by atoms with Crippen LogP contribution in [0.5, 0.6) is 0 Å². The topological polar surface area (TPSA) is 44.1 Å². The third kappa shape index (κ3) is 3.81. The molecule has 0 N–H and O–H groups in total. The summed E-state index contributed by atoms with van der Waals surface area (Å²) in [5, 5.41) is 1.23. The number of rotatable bonds is 3. The van der Waals surface area contributed by atoms with E-state index in [0.29, 0.717) is 5.56 Å². The number of hydrogen-bond donors (Lipinski definition) is 0. The molecule has 0 aliphatic carbocycles. The number of aryl methyl sites for hydroxylation is 3. The van der Waals surface area contributed by atoms with Crippen molar-refractivity contribution >= 4 is 16.9 Å². The number of nitrogens with zero attached hydrogens (tertiary/aromatic N) is 2. The molecule has 4 rings (SSSR count). The maximum absolute atomic E-state index is 11.9. The predicted octanol–water partition coefficient (Wildman–Crippen LogP) is 6.84. The van der Waals surface area contributed by atoms with Crippen LogP contribution in [0.3, 0.4) is 0 Å². The molecule has 0 aliphatic rings. The van der Waals surface area contributed by atoms with Gasteiger partial charge in [0.25, 0.3) is 0 Å². The first-order chi connectivity index (χ1) is 15.1. The quantitative estimate of drug-likeness (QED) is 0.337. The Kier molecular flexibility index (Phi) is 5.41. The van der Waals surface area contributed by atoms with Crippen LogP contribution in [0, 0.1) is 20.8 Å². The first-order valence-electron chi connectivity index (χ1n) is 10.9. The molecule has 0 saturated carbocycles. The summed E-state index contributed by atoms with van der Waals surface area (Å²) in [7, 11) is 1.40. The van der Waals surface area contributed by atoms with Crippen molar-refractivity contribution in [3.05, 3.63) is 77.1 Å². The summed E-state index contributed by atoms with van der Waals surface area (Å²) >= 11 is 0. The standard InChI is InChI=1S/C28H30N2O2/c1-17-14-23(15-18(2)29-17)22-12-13-24-19(3)26(30(25(24)16-22)28(4,5)6)20-8-10-21(11-9-20)27(31)32-7/h8-16H,1-7H3. The molecular formula is C28H30N2O2. The monoisotopic (exact) mass is 426 g/mol. The summed E-state index contributed by atoms with van der Waals surface area (Å²) in [4.78, 5) is 16.4. The zero-order valence-corrected chi connectivity index (χ0v) is 19.9. The van der Waals surface area contributed by atoms with Gasteiger partial charge in [0.1, 0.15) is 0 Å². The molecule has 4 nitrogen and oxygen atoms in total. The van der Waals surface area contributed by atoms with Gasteiger partial charge in [-0.1, -0.05) is 24.3 Å². The molecule has 164 valence electrons. The zero-order chi connectivity index (χ0) is 23.2. The number of carbonyl (C=O) groups excluding carboxylic acids is 1. The number of methoxy groups -OCH3 is 1. The molecule has 0 saturated heterocycles. The van der Waals surface area contributed by atoms with Gasteiger partial charge in [0.2, 0.25) is 0 Å². The van der Waals surface area contributed by atoms with Crippen molar-refractivity contribution in [2.75, 3.05) is 7.11 Å². The van der Waals surface area contributed by atoms with E-state index in [4.69, 9.17) is 4.74 Å². The SMILES string of the molecule is COC(=O)c1ccc(-c2c(C)c3ccc(-c4cc(C)nc(C)c4)cc3n2C(C)(C)C)cc1. The summed E-state index contributed by atoms with van der Waals surface area (Å²) in [5.41, 5.74) is 9.51. The molecule has 0 radical (unpaired) electrons. The highest BCUT2D eigenvalue weighted by atomic mass is 16.5. The summed E-state index contributed by atoms with van der Waals surface area (Å²) in [6.07, 6.45) is 0. The van der Waals surface area contributed by atoms with Gasteiger partial charge in [-0.2, -0.15) is 0 Å². The smallest absolute Gasteiger partial charge is 0.337 e. The number of aromatic nitrogens is 2. The Labute approximate surface area is 189 Å². The van der Waals surface area contributed by atoms with Gasteiger partial charge < -0.3 is 9.30 Å². The lowest BCUT2D eigenvalue weighted by Crippen LogP contribution is -2.22. The van der Waals surface area contributed by atoms with Crippen molar-refractivity contribution in [1.82, 2.24) is 9.55 Å². The minimum absolute atomic E-state index is 0.133. The lowest BCUT2D eigenvalue weighted by molar-refractivity contribution is 0.0600. The lowest BCUT2D eigenvalue weighted by Gasteiger charge is -2.26. The van der Waals surface area contributed by atoms with Crippen LogP contribution in [0.2, 0.25) is 0 Å². The molecule has 0 amide bonds. The minimum Gasteiger partial charge on any atom is -0.465 e. The van der Waals surface area contributed by atoms with E-state index in [0.717, 1.165) is 17.0 Å². The second-order valence-corrected chi connectivity index (χ2v) is 9.42. The Balaban J connectivity index is 1.96. The van der Waals surface area contributed by atoms with Crippen molar-refractivity contribution in [3.8, 4) is 22.4 Å². The van der Waals surface area contributed by atoms with Gasteiger partial charge in [0.05, 0.1) is 18.4 Å². The highest BCUT2D eigenvalue weighted by Crippen LogP contribution is 2.39. The Bertz CT molecular complexity index is 1300. The van der Waals surface area contributed by atoms with E-state index in [-0.39, 0.29) is 11.5 Å². The lowest BCUT2D eigenvalue weighted by atomic mass is 10.0. The number of fused-ring (bicyclic) bond motifs is 1. The summed E-state index contributed by atoms with van der Waals surface area (Å²) in [6.45, 7) is 12.9. The Morgan fingerprint density at radius 2 is 1.44 bits per heavy atom. The number of hydrogen-bond acceptors (Lipinski definition) is 3. The van der Waals surface area contributed by atoms with E-state index in [1.54, 1.807) is 0 Å². The van der Waals surface area contributed by atoms with Gasteiger partial charge >= 0.3 is 5.97 Å². The van der Waals surface area contributed by atoms with Crippen molar-refractivity contribution in [3.63, 3.8) is 0 Å². The van der Waals surface area contributed by atoms with Crippen molar-refractivity contribution in [2.45, 2.75) is 47.1 Å². The molecule has 0 spiro atoms. The van der Waals surface area contributed by atoms with Gasteiger partial charge in [-0.3, -0.25) is 4.98 Å². The number of carbonyl (C=O) groups is 1. The maximum Gasteiger partial charge on any atom is 0.337 e. The van der Waals surface area contributed by atoms with Gasteiger partial charge in [-0.25, -0.2) is 4.79 Å². The van der Waals surface area contributed by atoms with Gasteiger partial charge in [0, 0.05) is 27.8 Å². The number of pyridine rings is 1. The summed E-state index contributed by atoms with van der Waals surface area (Å²) in [6, 6.07) is 18.7. The second-order valence-electron chi connectivity index (χ2n) is 9.42. The average Bonchev–Trinajstić information content (AvgIpc) is 3.05. The largest absolute Gasteiger partial charge is 0.465 e. The number of esters is 1. The van der Waals surface area contributed by atoms with Crippen LogP contribution >= 0.6 is 0 Å². The summed E-state index contributed by atoms with van der Waals surface area (Å²) < 4.78 is 7.27. The first kappa shape index (κ1) is 21.8. The molecule has 32 heavy (non-hydrogen) atoms. The maximum atomic E-state index is 11.9. The Morgan fingerprint density at radius 1 is 0.844 bits per heavy atom. The van der Waals surface area contributed by atoms with Crippen molar-refractivity contribution in [2.24, 2.45) is 0 Å². The van der Waals surface area contributed by atoms with Crippen molar-refractivity contribution in [1.29, 1.82) is 0 Å². The molecule has 4 heteroatoms. The second kappa shape index (κ2) is 7.94. The van der Waals surface area contributed by atoms with Crippen LogP contribution in [0.1, 0.15) is 48.1 Å². The first-order valence-corrected chi connectivity index (χ1v) is 10.9. The van der Waals surface area contributed by atoms with E-state index in [1.165, 1.54) is 40.4 Å². The van der Waals surface area contributed by atoms with E-state index in [1.807, 2.05) is 38.1 Å². The van der Waals surface area contributed by atoms with Crippen LogP contribution in [-0.4, -0.2) is 22.6 Å². The molecule has 2 aromatic carbocycles. The fourth-order valence-corrected chi connectivity index (χ4v) is 4.55. The fourth-order valence-electron chi connectivity index (χ4n) is 4.55. The van der Waals surface area contributed by atoms with E-state index in [9.17, 15) is 4.79 Å². The fraction of sp³-hybridized carbons (Fsp3) is 0.286. The molecule has 0 fully saturated rings. The van der Waals surface area contributed by atoms with E-state index < -0.39 is 0 Å². The van der Waals surface area contributed by atoms with Gasteiger partial charge in [-0.15, -0.1) is 0 Å². The highest BCUT2D eigenvalue weighted by Gasteiger charge is 2.24. The van der Waals surface area contributed by atoms with E-state index >= 15 is 0 Å². The van der Waals surface area contributed by atoms with Gasteiger partial charge in [0.15, 0.2) is 0 Å². The molecule has 0 aliphatic heterocycles. The Morgan fingerprint density at radius 3 is 2.00 bits per heavy atom. The summed E-state index contributed by atoms with van der Waals surface area (Å²) in [5.74, 6) is -0.322. The Hall–Kier alpha value is -3.40. The minimum atomic E-state index is -0.322. The third-order valence-electron chi connectivity index (χ3n) is 5.89. The number of ether oxygens (including phenoxy) is 1. The molecule has 0 atom stereocenters. The predicted molar refractivity (Wildman–Crippen MR) is 131 cm³/mol.